The van der Waals surface area contributed by atoms with E-state index in [1.54, 1.807) is 38.3 Å². The maximum Gasteiger partial charge on any atom is 0.253 e. The number of ether oxygens (including phenoxy) is 3. The molecule has 9 nitrogen and oxygen atoms in total. The van der Waals surface area contributed by atoms with Crippen LogP contribution in [0.25, 0.3) is 0 Å². The molecule has 1 fully saturated rings. The zero-order valence-corrected chi connectivity index (χ0v) is 18.0. The number of nitrogens with zero attached hydrogens (tertiary/aromatic N) is 4. The first kappa shape index (κ1) is 20.9. The summed E-state index contributed by atoms with van der Waals surface area (Å²) in [5.74, 6) is 1.91. The van der Waals surface area contributed by atoms with Crippen molar-refractivity contribution in [2.45, 2.75) is 19.0 Å². The number of fused-ring (bicyclic) bond motifs is 1. The highest BCUT2D eigenvalue weighted by atomic mass is 16.7. The first-order valence-electron chi connectivity index (χ1n) is 10.2. The Kier molecular flexibility index (Phi) is 6.22. The Hall–Kier alpha value is -3.33. The summed E-state index contributed by atoms with van der Waals surface area (Å²) in [4.78, 5) is 15.2. The van der Waals surface area contributed by atoms with Crippen molar-refractivity contribution in [3.8, 4) is 17.2 Å². The van der Waals surface area contributed by atoms with Crippen LogP contribution in [0, 0.1) is 0 Å². The summed E-state index contributed by atoms with van der Waals surface area (Å²) in [5, 5.41) is 12.9. The van der Waals surface area contributed by atoms with E-state index in [0.29, 0.717) is 28.5 Å². The number of rotatable bonds is 7. The van der Waals surface area contributed by atoms with E-state index in [2.05, 4.69) is 20.6 Å². The Morgan fingerprint density at radius 3 is 2.94 bits per heavy atom. The minimum atomic E-state index is -0.134. The summed E-state index contributed by atoms with van der Waals surface area (Å²) >= 11 is 0. The molecule has 2 aliphatic heterocycles. The van der Waals surface area contributed by atoms with E-state index in [1.807, 2.05) is 24.3 Å². The average Bonchev–Trinajstić information content (AvgIpc) is 3.41. The number of carbonyl (C=O) groups excluding carboxylic acids is 1. The Morgan fingerprint density at radius 1 is 1.29 bits per heavy atom. The summed E-state index contributed by atoms with van der Waals surface area (Å²) in [7, 11) is 5.20. The number of hydrogen-bond donors (Lipinski definition) is 1. The standard InChI is InChI=1S/C22H27N5O4/c1-26(2)25-24-18-7-5-4-6-17(18)22(28)23-16-8-9-27(13-16)12-15-10-19(29-3)21-20(11-15)30-14-31-21/h4-7,10-11,16H,8-9,12-14H2,1-3H3,(H,23,28). The molecular formula is C22H27N5O4. The lowest BCUT2D eigenvalue weighted by Gasteiger charge is -2.18. The highest BCUT2D eigenvalue weighted by molar-refractivity contribution is 5.99. The van der Waals surface area contributed by atoms with Crippen LogP contribution < -0.4 is 19.5 Å². The van der Waals surface area contributed by atoms with Crippen molar-refractivity contribution in [3.05, 3.63) is 47.5 Å². The van der Waals surface area contributed by atoms with E-state index in [0.717, 1.165) is 31.6 Å². The van der Waals surface area contributed by atoms with Gasteiger partial charge in [-0.05, 0) is 36.2 Å². The lowest BCUT2D eigenvalue weighted by molar-refractivity contribution is 0.0938. The van der Waals surface area contributed by atoms with Gasteiger partial charge in [0.25, 0.3) is 5.91 Å². The highest BCUT2D eigenvalue weighted by Gasteiger charge is 2.26. The van der Waals surface area contributed by atoms with Crippen molar-refractivity contribution in [1.29, 1.82) is 0 Å². The normalized spacial score (nSPS) is 17.8. The Labute approximate surface area is 181 Å². The predicted octanol–water partition coefficient (Wildman–Crippen LogP) is 2.99. The summed E-state index contributed by atoms with van der Waals surface area (Å²) in [6.45, 7) is 2.61. The van der Waals surface area contributed by atoms with Gasteiger partial charge in [-0.1, -0.05) is 17.4 Å². The molecule has 4 rings (SSSR count). The number of carbonyl (C=O) groups is 1. The number of hydrogen-bond acceptors (Lipinski definition) is 7. The lowest BCUT2D eigenvalue weighted by Crippen LogP contribution is -2.37. The lowest BCUT2D eigenvalue weighted by atomic mass is 10.1. The number of likely N-dealkylation sites (tertiary alicyclic amines) is 1. The molecule has 0 aliphatic carbocycles. The average molecular weight is 425 g/mol. The molecule has 0 spiro atoms. The molecule has 2 heterocycles. The van der Waals surface area contributed by atoms with Gasteiger partial charge >= 0.3 is 0 Å². The van der Waals surface area contributed by atoms with Gasteiger partial charge < -0.3 is 19.5 Å². The molecule has 0 radical (unpaired) electrons. The zero-order valence-electron chi connectivity index (χ0n) is 18.0. The molecule has 9 heteroatoms. The maximum absolute atomic E-state index is 12.9. The minimum Gasteiger partial charge on any atom is -0.493 e. The molecule has 2 aliphatic rings. The third-order valence-electron chi connectivity index (χ3n) is 5.21. The Bertz CT molecular complexity index is 978. The van der Waals surface area contributed by atoms with E-state index in [9.17, 15) is 4.79 Å². The van der Waals surface area contributed by atoms with Crippen molar-refractivity contribution >= 4 is 11.6 Å². The number of benzene rings is 2. The van der Waals surface area contributed by atoms with Gasteiger partial charge in [0.05, 0.1) is 12.7 Å². The second-order valence-electron chi connectivity index (χ2n) is 7.78. The summed E-state index contributed by atoms with van der Waals surface area (Å²) in [6.07, 6.45) is 0.884. The first-order valence-corrected chi connectivity index (χ1v) is 10.2. The van der Waals surface area contributed by atoms with Crippen molar-refractivity contribution < 1.29 is 19.0 Å². The second kappa shape index (κ2) is 9.22. The summed E-state index contributed by atoms with van der Waals surface area (Å²) in [5.41, 5.74) is 2.16. The topological polar surface area (TPSA) is 88.0 Å². The first-order chi connectivity index (χ1) is 15.0. The molecule has 1 unspecified atom stereocenters. The van der Waals surface area contributed by atoms with Crippen LogP contribution in [0.4, 0.5) is 5.69 Å². The van der Waals surface area contributed by atoms with E-state index < -0.39 is 0 Å². The van der Waals surface area contributed by atoms with Crippen LogP contribution in [0.15, 0.2) is 46.7 Å². The van der Waals surface area contributed by atoms with E-state index >= 15 is 0 Å². The predicted molar refractivity (Wildman–Crippen MR) is 115 cm³/mol. The largest absolute Gasteiger partial charge is 0.493 e. The molecule has 0 bridgehead atoms. The van der Waals surface area contributed by atoms with Gasteiger partial charge in [0.1, 0.15) is 5.69 Å². The van der Waals surface area contributed by atoms with E-state index in [-0.39, 0.29) is 18.7 Å². The second-order valence-corrected chi connectivity index (χ2v) is 7.78. The molecule has 1 amide bonds. The molecule has 31 heavy (non-hydrogen) atoms. The fraction of sp³-hybridized carbons (Fsp3) is 0.409. The maximum atomic E-state index is 12.9. The SMILES string of the molecule is COc1cc(CN2CCC(NC(=O)c3ccccc3N=NN(C)C)C2)cc2c1OCO2. The fourth-order valence-corrected chi connectivity index (χ4v) is 3.78. The third kappa shape index (κ3) is 4.88. The Morgan fingerprint density at radius 2 is 2.13 bits per heavy atom. The molecule has 0 aromatic heterocycles. The molecule has 164 valence electrons. The van der Waals surface area contributed by atoms with Crippen molar-refractivity contribution in [3.63, 3.8) is 0 Å². The fourth-order valence-electron chi connectivity index (χ4n) is 3.78. The van der Waals surface area contributed by atoms with Gasteiger partial charge in [-0.25, -0.2) is 0 Å². The van der Waals surface area contributed by atoms with Gasteiger partial charge in [-0.15, -0.1) is 5.11 Å². The quantitative estimate of drug-likeness (QED) is 0.542. The summed E-state index contributed by atoms with van der Waals surface area (Å²) < 4.78 is 16.4. The van der Waals surface area contributed by atoms with E-state index in [1.165, 1.54) is 0 Å². The molecule has 1 atom stereocenters. The zero-order chi connectivity index (χ0) is 21.8. The monoisotopic (exact) mass is 425 g/mol. The van der Waals surface area contributed by atoms with Crippen LogP contribution in [-0.4, -0.2) is 62.9 Å². The molecule has 2 aromatic carbocycles. The number of amides is 1. The van der Waals surface area contributed by atoms with Gasteiger partial charge in [-0.2, -0.15) is 0 Å². The summed E-state index contributed by atoms with van der Waals surface area (Å²) in [6, 6.07) is 11.3. The van der Waals surface area contributed by atoms with Gasteiger partial charge in [0.2, 0.25) is 12.5 Å². The van der Waals surface area contributed by atoms with Crippen molar-refractivity contribution in [2.75, 3.05) is 41.1 Å². The molecule has 2 aromatic rings. The molecule has 1 saturated heterocycles. The Balaban J connectivity index is 1.38. The third-order valence-corrected chi connectivity index (χ3v) is 5.21. The van der Waals surface area contributed by atoms with Crippen LogP contribution in [0.5, 0.6) is 17.2 Å². The van der Waals surface area contributed by atoms with E-state index in [4.69, 9.17) is 14.2 Å². The molecule has 1 N–H and O–H groups in total. The molecule has 0 saturated carbocycles. The van der Waals surface area contributed by atoms with Crippen LogP contribution >= 0.6 is 0 Å². The van der Waals surface area contributed by atoms with Crippen LogP contribution in [0.1, 0.15) is 22.3 Å². The minimum absolute atomic E-state index is 0.0715. The van der Waals surface area contributed by atoms with Crippen molar-refractivity contribution in [1.82, 2.24) is 15.2 Å². The van der Waals surface area contributed by atoms with Crippen LogP contribution in [-0.2, 0) is 6.54 Å². The van der Waals surface area contributed by atoms with Gasteiger partial charge in [0.15, 0.2) is 11.5 Å². The highest BCUT2D eigenvalue weighted by Crippen LogP contribution is 2.42. The van der Waals surface area contributed by atoms with Gasteiger partial charge in [0, 0.05) is 39.8 Å². The smallest absolute Gasteiger partial charge is 0.253 e. The number of methoxy groups -OCH3 is 1. The molecular weight excluding hydrogens is 398 g/mol. The van der Waals surface area contributed by atoms with Gasteiger partial charge in [-0.3, -0.25) is 14.7 Å². The van der Waals surface area contributed by atoms with Crippen molar-refractivity contribution in [2.24, 2.45) is 10.3 Å². The number of nitrogens with one attached hydrogen (secondary N) is 1. The van der Waals surface area contributed by atoms with Crippen LogP contribution in [0.3, 0.4) is 0 Å². The van der Waals surface area contributed by atoms with Crippen LogP contribution in [0.2, 0.25) is 0 Å².